The van der Waals surface area contributed by atoms with Crippen molar-refractivity contribution in [3.63, 3.8) is 0 Å². The van der Waals surface area contributed by atoms with Crippen LogP contribution in [-0.4, -0.2) is 24.4 Å². The number of fused-ring (bicyclic) bond motifs is 1. The fourth-order valence-corrected chi connectivity index (χ4v) is 2.09. The molecule has 108 valence electrons. The smallest absolute Gasteiger partial charge is 0.295 e. The lowest BCUT2D eigenvalue weighted by Gasteiger charge is -2.08. The Balaban J connectivity index is 2.30. The summed E-state index contributed by atoms with van der Waals surface area (Å²) in [5.74, 6) is 0.320. The lowest BCUT2D eigenvalue weighted by atomic mass is 10.2. The van der Waals surface area contributed by atoms with Gasteiger partial charge in [-0.2, -0.15) is 5.26 Å². The SMILES string of the molecule is Cc1nc2cc([N+](=O)[O-])c(-n3ccnc3)cc2nc1NC#N. The van der Waals surface area contributed by atoms with Crippen molar-refractivity contribution in [2.45, 2.75) is 6.92 Å². The Morgan fingerprint density at radius 1 is 1.36 bits per heavy atom. The third-order valence-corrected chi connectivity index (χ3v) is 3.09. The van der Waals surface area contributed by atoms with E-state index in [4.69, 9.17) is 5.26 Å². The van der Waals surface area contributed by atoms with Crippen molar-refractivity contribution in [3.05, 3.63) is 46.7 Å². The van der Waals surface area contributed by atoms with Crippen molar-refractivity contribution >= 4 is 22.5 Å². The molecule has 3 aromatic rings. The number of nitrogens with zero attached hydrogens (tertiary/aromatic N) is 6. The van der Waals surface area contributed by atoms with E-state index in [9.17, 15) is 10.1 Å². The topological polar surface area (TPSA) is 123 Å². The van der Waals surface area contributed by atoms with Crippen LogP contribution in [-0.2, 0) is 0 Å². The molecule has 1 N–H and O–H groups in total. The molecule has 0 saturated heterocycles. The molecule has 0 aliphatic carbocycles. The largest absolute Gasteiger partial charge is 0.300 e. The number of rotatable bonds is 3. The standard InChI is InChI=1S/C13H9N7O2/c1-8-13(16-6-14)18-10-4-11(19-3-2-15-7-19)12(20(21)22)5-9(10)17-8/h2-5,7H,1H3,(H,16,18). The number of aromatic nitrogens is 4. The van der Waals surface area contributed by atoms with Gasteiger partial charge in [-0.3, -0.25) is 15.4 Å². The van der Waals surface area contributed by atoms with Crippen LogP contribution in [0.5, 0.6) is 0 Å². The average molecular weight is 295 g/mol. The minimum absolute atomic E-state index is 0.0970. The number of anilines is 1. The first-order valence-corrected chi connectivity index (χ1v) is 6.20. The molecule has 0 radical (unpaired) electrons. The predicted octanol–water partition coefficient (Wildman–Crippen LogP) is 1.93. The van der Waals surface area contributed by atoms with Crippen molar-refractivity contribution in [1.82, 2.24) is 19.5 Å². The Morgan fingerprint density at radius 2 is 2.14 bits per heavy atom. The van der Waals surface area contributed by atoms with Crippen LogP contribution in [0, 0.1) is 28.5 Å². The number of nitro groups is 1. The lowest BCUT2D eigenvalue weighted by molar-refractivity contribution is -0.384. The molecule has 0 spiro atoms. The summed E-state index contributed by atoms with van der Waals surface area (Å²) >= 11 is 0. The highest BCUT2D eigenvalue weighted by molar-refractivity contribution is 5.83. The van der Waals surface area contributed by atoms with E-state index >= 15 is 0 Å². The molecule has 0 unspecified atom stereocenters. The third kappa shape index (κ3) is 2.18. The number of nitrogens with one attached hydrogen (secondary N) is 1. The van der Waals surface area contributed by atoms with E-state index in [0.717, 1.165) is 0 Å². The van der Waals surface area contributed by atoms with Crippen LogP contribution < -0.4 is 5.32 Å². The molecule has 0 aliphatic rings. The first kappa shape index (κ1) is 13.4. The maximum absolute atomic E-state index is 11.3. The number of nitro benzene ring substituents is 1. The van der Waals surface area contributed by atoms with E-state index in [1.54, 1.807) is 25.4 Å². The summed E-state index contributed by atoms with van der Waals surface area (Å²) in [5.41, 5.74) is 1.55. The summed E-state index contributed by atoms with van der Waals surface area (Å²) in [6, 6.07) is 2.91. The highest BCUT2D eigenvalue weighted by Gasteiger charge is 2.18. The van der Waals surface area contributed by atoms with Gasteiger partial charge in [0.25, 0.3) is 5.69 Å². The first-order chi connectivity index (χ1) is 10.6. The van der Waals surface area contributed by atoms with Gasteiger partial charge in [0.1, 0.15) is 5.69 Å². The molecule has 0 fully saturated rings. The summed E-state index contributed by atoms with van der Waals surface area (Å²) in [6.07, 6.45) is 6.37. The molecule has 22 heavy (non-hydrogen) atoms. The second-order valence-corrected chi connectivity index (χ2v) is 4.45. The molecule has 0 atom stereocenters. The maximum atomic E-state index is 11.3. The first-order valence-electron chi connectivity index (χ1n) is 6.20. The van der Waals surface area contributed by atoms with E-state index in [2.05, 4.69) is 20.3 Å². The van der Waals surface area contributed by atoms with Crippen LogP contribution in [0.4, 0.5) is 11.5 Å². The molecule has 2 heterocycles. The Kier molecular flexibility index (Phi) is 3.12. The quantitative estimate of drug-likeness (QED) is 0.339. The van der Waals surface area contributed by atoms with Crippen molar-refractivity contribution in [2.75, 3.05) is 5.32 Å². The van der Waals surface area contributed by atoms with E-state index in [1.165, 1.54) is 23.2 Å². The van der Waals surface area contributed by atoms with Gasteiger partial charge in [-0.15, -0.1) is 0 Å². The van der Waals surface area contributed by atoms with Gasteiger partial charge in [-0.1, -0.05) is 0 Å². The predicted molar refractivity (Wildman–Crippen MR) is 77.3 cm³/mol. The molecule has 0 bridgehead atoms. The number of hydrogen-bond acceptors (Lipinski definition) is 7. The molecule has 9 nitrogen and oxygen atoms in total. The third-order valence-electron chi connectivity index (χ3n) is 3.09. The average Bonchev–Trinajstić information content (AvgIpc) is 3.01. The van der Waals surface area contributed by atoms with Gasteiger partial charge in [0, 0.05) is 18.5 Å². The maximum Gasteiger partial charge on any atom is 0.295 e. The van der Waals surface area contributed by atoms with E-state index in [0.29, 0.717) is 28.2 Å². The van der Waals surface area contributed by atoms with Crippen LogP contribution in [0.25, 0.3) is 16.7 Å². The molecule has 0 aliphatic heterocycles. The zero-order valence-corrected chi connectivity index (χ0v) is 11.4. The summed E-state index contributed by atoms with van der Waals surface area (Å²) in [5, 5.41) is 22.4. The molecule has 9 heteroatoms. The van der Waals surface area contributed by atoms with Gasteiger partial charge in [0.15, 0.2) is 12.0 Å². The fraction of sp³-hybridized carbons (Fsp3) is 0.0769. The molecule has 2 aromatic heterocycles. The molecular formula is C13H9N7O2. The second-order valence-electron chi connectivity index (χ2n) is 4.45. The zero-order chi connectivity index (χ0) is 15.7. The summed E-state index contributed by atoms with van der Waals surface area (Å²) in [6.45, 7) is 1.67. The Hall–Kier alpha value is -3.54. The fourth-order valence-electron chi connectivity index (χ4n) is 2.09. The Labute approximate surface area is 124 Å². The van der Waals surface area contributed by atoms with Gasteiger partial charge in [-0.05, 0) is 13.0 Å². The lowest BCUT2D eigenvalue weighted by Crippen LogP contribution is -2.02. The van der Waals surface area contributed by atoms with E-state index < -0.39 is 4.92 Å². The second kappa shape index (κ2) is 5.10. The van der Waals surface area contributed by atoms with Crippen molar-refractivity contribution in [3.8, 4) is 11.9 Å². The van der Waals surface area contributed by atoms with Crippen molar-refractivity contribution in [2.24, 2.45) is 0 Å². The molecule has 0 amide bonds. The summed E-state index contributed by atoms with van der Waals surface area (Å²) < 4.78 is 1.52. The Morgan fingerprint density at radius 3 is 2.77 bits per heavy atom. The molecule has 3 rings (SSSR count). The van der Waals surface area contributed by atoms with Crippen molar-refractivity contribution in [1.29, 1.82) is 5.26 Å². The Bertz CT molecular complexity index is 912. The van der Waals surface area contributed by atoms with Gasteiger partial charge < -0.3 is 4.57 Å². The number of hydrogen-bond donors (Lipinski definition) is 1. The number of nitriles is 1. The molecule has 0 saturated carbocycles. The normalized spacial score (nSPS) is 10.4. The zero-order valence-electron chi connectivity index (χ0n) is 11.4. The number of benzene rings is 1. The summed E-state index contributed by atoms with van der Waals surface area (Å²) in [4.78, 5) is 23.2. The van der Waals surface area contributed by atoms with Crippen molar-refractivity contribution < 1.29 is 4.92 Å². The van der Waals surface area contributed by atoms with Crippen LogP contribution in [0.15, 0.2) is 30.9 Å². The summed E-state index contributed by atoms with van der Waals surface area (Å²) in [7, 11) is 0. The highest BCUT2D eigenvalue weighted by atomic mass is 16.6. The van der Waals surface area contributed by atoms with Gasteiger partial charge in [0.05, 0.1) is 28.0 Å². The number of aryl methyl sites for hydroxylation is 1. The van der Waals surface area contributed by atoms with Crippen LogP contribution in [0.1, 0.15) is 5.69 Å². The highest BCUT2D eigenvalue weighted by Crippen LogP contribution is 2.28. The van der Waals surface area contributed by atoms with E-state index in [-0.39, 0.29) is 5.69 Å². The van der Waals surface area contributed by atoms with E-state index in [1.807, 2.05) is 0 Å². The molecule has 1 aromatic carbocycles. The van der Waals surface area contributed by atoms with Gasteiger partial charge in [-0.25, -0.2) is 15.0 Å². The minimum atomic E-state index is -0.479. The number of imidazole rings is 1. The monoisotopic (exact) mass is 295 g/mol. The van der Waals surface area contributed by atoms with Crippen LogP contribution in [0.2, 0.25) is 0 Å². The van der Waals surface area contributed by atoms with Gasteiger partial charge in [0.2, 0.25) is 0 Å². The molecular weight excluding hydrogens is 286 g/mol. The van der Waals surface area contributed by atoms with Crippen LogP contribution in [0.3, 0.4) is 0 Å². The van der Waals surface area contributed by atoms with Gasteiger partial charge >= 0.3 is 0 Å². The van der Waals surface area contributed by atoms with Crippen LogP contribution >= 0.6 is 0 Å². The minimum Gasteiger partial charge on any atom is -0.300 e.